The van der Waals surface area contributed by atoms with Gasteiger partial charge in [0.2, 0.25) is 0 Å². The van der Waals surface area contributed by atoms with Crippen molar-refractivity contribution in [2.75, 3.05) is 32.8 Å². The second kappa shape index (κ2) is 8.90. The lowest BCUT2D eigenvalue weighted by Gasteiger charge is -2.28. The highest BCUT2D eigenvalue weighted by Gasteiger charge is 2.21. The highest BCUT2D eigenvalue weighted by molar-refractivity contribution is 4.77. The molecule has 2 N–H and O–H groups in total. The Bertz CT molecular complexity index is 179. The molecule has 0 bridgehead atoms. The van der Waals surface area contributed by atoms with E-state index in [0.717, 1.165) is 44.8 Å². The summed E-state index contributed by atoms with van der Waals surface area (Å²) in [6.45, 7) is 9.09. The average Bonchev–Trinajstić information content (AvgIpc) is 2.80. The zero-order valence-electron chi connectivity index (χ0n) is 11.7. The molecule has 0 amide bonds. The first kappa shape index (κ1) is 14.9. The van der Waals surface area contributed by atoms with Gasteiger partial charge in [0.05, 0.1) is 6.61 Å². The summed E-state index contributed by atoms with van der Waals surface area (Å²) in [5, 5.41) is 0. The maximum absolute atomic E-state index is 5.70. The third kappa shape index (κ3) is 6.39. The summed E-state index contributed by atoms with van der Waals surface area (Å²) < 4.78 is 5.70. The second-order valence-electron chi connectivity index (χ2n) is 5.56. The van der Waals surface area contributed by atoms with E-state index in [2.05, 4.69) is 18.7 Å². The molecule has 0 unspecified atom stereocenters. The zero-order valence-corrected chi connectivity index (χ0v) is 11.7. The van der Waals surface area contributed by atoms with E-state index in [0.29, 0.717) is 0 Å². The molecule has 1 aliphatic carbocycles. The van der Waals surface area contributed by atoms with Crippen LogP contribution in [0.1, 0.15) is 46.0 Å². The number of nitrogens with zero attached hydrogens (tertiary/aromatic N) is 1. The van der Waals surface area contributed by atoms with Crippen LogP contribution in [0, 0.1) is 5.92 Å². The minimum atomic E-state index is 0.741. The molecular weight excluding hydrogens is 212 g/mol. The Hall–Kier alpha value is -0.120. The number of nitrogens with two attached hydrogens (primary N) is 1. The molecule has 3 nitrogen and oxygen atoms in total. The fourth-order valence-corrected chi connectivity index (χ4v) is 2.52. The van der Waals surface area contributed by atoms with E-state index < -0.39 is 0 Å². The summed E-state index contributed by atoms with van der Waals surface area (Å²) in [4.78, 5) is 2.53. The predicted molar refractivity (Wildman–Crippen MR) is 73.2 cm³/mol. The molecule has 0 aromatic heterocycles. The minimum Gasteiger partial charge on any atom is -0.380 e. The van der Waals surface area contributed by atoms with E-state index in [9.17, 15) is 0 Å². The number of rotatable bonds is 9. The van der Waals surface area contributed by atoms with Crippen molar-refractivity contribution in [1.82, 2.24) is 4.90 Å². The first-order valence-corrected chi connectivity index (χ1v) is 7.26. The molecule has 3 heteroatoms. The van der Waals surface area contributed by atoms with E-state index in [1.54, 1.807) is 0 Å². The highest BCUT2D eigenvalue weighted by atomic mass is 16.5. The monoisotopic (exact) mass is 242 g/mol. The van der Waals surface area contributed by atoms with Crippen LogP contribution >= 0.6 is 0 Å². The fourth-order valence-electron chi connectivity index (χ4n) is 2.52. The normalized spacial score (nSPS) is 17.5. The third-order valence-electron chi connectivity index (χ3n) is 3.62. The van der Waals surface area contributed by atoms with Crippen molar-refractivity contribution >= 4 is 0 Å². The summed E-state index contributed by atoms with van der Waals surface area (Å²) in [7, 11) is 0. The van der Waals surface area contributed by atoms with Gasteiger partial charge in [-0.25, -0.2) is 0 Å². The van der Waals surface area contributed by atoms with Gasteiger partial charge in [-0.1, -0.05) is 26.7 Å². The summed E-state index contributed by atoms with van der Waals surface area (Å²) in [5.74, 6) is 0.741. The van der Waals surface area contributed by atoms with Crippen molar-refractivity contribution in [3.63, 3.8) is 0 Å². The largest absolute Gasteiger partial charge is 0.380 e. The minimum absolute atomic E-state index is 0.741. The molecule has 0 aromatic rings. The quantitative estimate of drug-likeness (QED) is 0.630. The van der Waals surface area contributed by atoms with Gasteiger partial charge in [-0.15, -0.1) is 0 Å². The van der Waals surface area contributed by atoms with Gasteiger partial charge in [0.15, 0.2) is 0 Å². The van der Waals surface area contributed by atoms with Crippen LogP contribution in [0.3, 0.4) is 0 Å². The lowest BCUT2D eigenvalue weighted by atomic mass is 10.1. The van der Waals surface area contributed by atoms with Gasteiger partial charge in [0.25, 0.3) is 0 Å². The first-order chi connectivity index (χ1) is 8.24. The average molecular weight is 242 g/mol. The molecule has 0 spiro atoms. The fraction of sp³-hybridized carbons (Fsp3) is 1.00. The first-order valence-electron chi connectivity index (χ1n) is 7.26. The number of hydrogen-bond donors (Lipinski definition) is 1. The molecule has 0 radical (unpaired) electrons. The standard InChI is InChI=1S/C14H30N2O/c1-13(2)7-11-17-12-10-16(9-8-15)14-5-3-4-6-14/h13-14H,3-12,15H2,1-2H3. The molecule has 0 heterocycles. The Morgan fingerprint density at radius 3 is 2.47 bits per heavy atom. The molecule has 1 rings (SSSR count). The van der Waals surface area contributed by atoms with Crippen molar-refractivity contribution in [1.29, 1.82) is 0 Å². The SMILES string of the molecule is CC(C)CCOCCN(CCN)C1CCCC1. The van der Waals surface area contributed by atoms with Gasteiger partial charge in [-0.05, 0) is 25.2 Å². The van der Waals surface area contributed by atoms with Crippen molar-refractivity contribution in [3.8, 4) is 0 Å². The van der Waals surface area contributed by atoms with Gasteiger partial charge >= 0.3 is 0 Å². The van der Waals surface area contributed by atoms with Crippen molar-refractivity contribution in [3.05, 3.63) is 0 Å². The van der Waals surface area contributed by atoms with Gasteiger partial charge in [-0.3, -0.25) is 4.90 Å². The van der Waals surface area contributed by atoms with Crippen LogP contribution in [0.15, 0.2) is 0 Å². The topological polar surface area (TPSA) is 38.5 Å². The zero-order chi connectivity index (χ0) is 12.5. The molecule has 0 aliphatic heterocycles. The molecular formula is C14H30N2O. The Morgan fingerprint density at radius 2 is 1.88 bits per heavy atom. The summed E-state index contributed by atoms with van der Waals surface area (Å²) in [6, 6.07) is 0.771. The van der Waals surface area contributed by atoms with Gasteiger partial charge < -0.3 is 10.5 Å². The van der Waals surface area contributed by atoms with Crippen molar-refractivity contribution in [2.24, 2.45) is 11.7 Å². The lowest BCUT2D eigenvalue weighted by Crippen LogP contribution is -2.39. The van der Waals surface area contributed by atoms with Crippen LogP contribution in [0.4, 0.5) is 0 Å². The Morgan fingerprint density at radius 1 is 1.18 bits per heavy atom. The molecule has 17 heavy (non-hydrogen) atoms. The van der Waals surface area contributed by atoms with Crippen molar-refractivity contribution < 1.29 is 4.74 Å². The van der Waals surface area contributed by atoms with Crippen LogP contribution in [-0.4, -0.2) is 43.8 Å². The predicted octanol–water partition coefficient (Wildman–Crippen LogP) is 2.25. The van der Waals surface area contributed by atoms with Gasteiger partial charge in [-0.2, -0.15) is 0 Å². The van der Waals surface area contributed by atoms with Crippen LogP contribution < -0.4 is 5.73 Å². The summed E-state index contributed by atoms with van der Waals surface area (Å²) in [6.07, 6.45) is 6.65. The lowest BCUT2D eigenvalue weighted by molar-refractivity contribution is 0.0827. The number of ether oxygens (including phenoxy) is 1. The van der Waals surface area contributed by atoms with E-state index in [1.807, 2.05) is 0 Å². The molecule has 0 saturated heterocycles. The van der Waals surface area contributed by atoms with Crippen LogP contribution in [0.25, 0.3) is 0 Å². The molecule has 0 aromatic carbocycles. The molecule has 0 atom stereocenters. The summed E-state index contributed by atoms with van der Waals surface area (Å²) in [5.41, 5.74) is 5.68. The van der Waals surface area contributed by atoms with Crippen LogP contribution in [0.5, 0.6) is 0 Å². The van der Waals surface area contributed by atoms with Crippen molar-refractivity contribution in [2.45, 2.75) is 52.0 Å². The number of hydrogen-bond acceptors (Lipinski definition) is 3. The highest BCUT2D eigenvalue weighted by Crippen LogP contribution is 2.22. The van der Waals surface area contributed by atoms with Gasteiger partial charge in [0, 0.05) is 32.3 Å². The van der Waals surface area contributed by atoms with Crippen LogP contribution in [0.2, 0.25) is 0 Å². The van der Waals surface area contributed by atoms with E-state index >= 15 is 0 Å². The van der Waals surface area contributed by atoms with E-state index in [1.165, 1.54) is 32.1 Å². The molecule has 1 saturated carbocycles. The molecule has 1 aliphatic rings. The molecule has 1 fully saturated rings. The maximum Gasteiger partial charge on any atom is 0.0593 e. The smallest absolute Gasteiger partial charge is 0.0593 e. The van der Waals surface area contributed by atoms with Gasteiger partial charge in [0.1, 0.15) is 0 Å². The second-order valence-corrected chi connectivity index (χ2v) is 5.56. The Balaban J connectivity index is 2.11. The van der Waals surface area contributed by atoms with E-state index in [4.69, 9.17) is 10.5 Å². The Kier molecular flexibility index (Phi) is 7.82. The third-order valence-corrected chi connectivity index (χ3v) is 3.62. The maximum atomic E-state index is 5.70. The Labute approximate surface area is 107 Å². The van der Waals surface area contributed by atoms with Crippen LogP contribution in [-0.2, 0) is 4.74 Å². The van der Waals surface area contributed by atoms with E-state index in [-0.39, 0.29) is 0 Å². The summed E-state index contributed by atoms with van der Waals surface area (Å²) >= 11 is 0. The molecule has 102 valence electrons.